The first kappa shape index (κ1) is 21.8. The average Bonchev–Trinajstić information content (AvgIpc) is 3.63. The third-order valence-corrected chi connectivity index (χ3v) is 8.41. The van der Waals surface area contributed by atoms with Crippen molar-refractivity contribution in [2.24, 2.45) is 11.8 Å². The van der Waals surface area contributed by atoms with Gasteiger partial charge in [0.05, 0.1) is 17.9 Å². The van der Waals surface area contributed by atoms with Crippen molar-refractivity contribution < 1.29 is 23.6 Å². The number of likely N-dealkylation sites (tertiary alicyclic amines) is 1. The number of rotatable bonds is 5. The average molecular weight is 469 g/mol. The molecular formula is C25H32N4O5. The molecule has 1 aromatic heterocycles. The van der Waals surface area contributed by atoms with E-state index in [1.807, 2.05) is 12.2 Å². The van der Waals surface area contributed by atoms with E-state index >= 15 is 0 Å². The summed E-state index contributed by atoms with van der Waals surface area (Å²) in [5, 5.41) is 9.88. The predicted molar refractivity (Wildman–Crippen MR) is 121 cm³/mol. The van der Waals surface area contributed by atoms with Crippen molar-refractivity contribution in [2.45, 2.75) is 94.5 Å². The van der Waals surface area contributed by atoms with E-state index in [-0.39, 0.29) is 29.8 Å². The van der Waals surface area contributed by atoms with Gasteiger partial charge in [0.15, 0.2) is 5.82 Å². The van der Waals surface area contributed by atoms with Gasteiger partial charge in [-0.05, 0) is 32.6 Å². The Balaban J connectivity index is 1.32. The number of anilines is 1. The van der Waals surface area contributed by atoms with Gasteiger partial charge in [0, 0.05) is 18.2 Å². The van der Waals surface area contributed by atoms with Crippen LogP contribution < -0.4 is 10.6 Å². The minimum Gasteiger partial charge on any atom is -0.360 e. The van der Waals surface area contributed by atoms with E-state index in [9.17, 15) is 14.4 Å². The van der Waals surface area contributed by atoms with Crippen molar-refractivity contribution in [3.8, 4) is 0 Å². The lowest BCUT2D eigenvalue weighted by molar-refractivity contribution is -0.144. The Hall–Kier alpha value is -2.68. The van der Waals surface area contributed by atoms with Crippen LogP contribution in [0.4, 0.5) is 5.82 Å². The smallest absolute Gasteiger partial charge is 0.246 e. The molecule has 182 valence electrons. The maximum atomic E-state index is 14.0. The maximum absolute atomic E-state index is 14.0. The molecular weight excluding hydrogens is 436 g/mol. The van der Waals surface area contributed by atoms with E-state index in [0.29, 0.717) is 11.6 Å². The van der Waals surface area contributed by atoms with Crippen LogP contribution in [0.25, 0.3) is 0 Å². The van der Waals surface area contributed by atoms with E-state index in [2.05, 4.69) is 15.8 Å². The number of nitrogens with zero attached hydrogens (tertiary/aromatic N) is 2. The van der Waals surface area contributed by atoms with Gasteiger partial charge in [-0.1, -0.05) is 49.4 Å². The lowest BCUT2D eigenvalue weighted by Crippen LogP contribution is -2.58. The van der Waals surface area contributed by atoms with Gasteiger partial charge in [-0.2, -0.15) is 0 Å². The Labute approximate surface area is 198 Å². The normalized spacial score (nSPS) is 35.2. The quantitative estimate of drug-likeness (QED) is 0.642. The zero-order valence-electron chi connectivity index (χ0n) is 19.5. The Morgan fingerprint density at radius 1 is 1.09 bits per heavy atom. The highest BCUT2D eigenvalue weighted by Gasteiger charge is 2.73. The van der Waals surface area contributed by atoms with Crippen LogP contribution in [-0.4, -0.2) is 57.6 Å². The van der Waals surface area contributed by atoms with Crippen molar-refractivity contribution in [1.82, 2.24) is 15.4 Å². The van der Waals surface area contributed by atoms with Crippen molar-refractivity contribution >= 4 is 23.5 Å². The highest BCUT2D eigenvalue weighted by atomic mass is 16.5. The lowest BCUT2D eigenvalue weighted by Gasteiger charge is -2.36. The summed E-state index contributed by atoms with van der Waals surface area (Å²) in [6, 6.07) is 1.03. The van der Waals surface area contributed by atoms with E-state index in [0.717, 1.165) is 51.4 Å². The van der Waals surface area contributed by atoms with E-state index in [1.165, 1.54) is 6.42 Å². The third kappa shape index (κ3) is 3.31. The fraction of sp³-hybridized carbons (Fsp3) is 0.680. The summed E-state index contributed by atoms with van der Waals surface area (Å²) in [5.74, 6) is -1.16. The van der Waals surface area contributed by atoms with Crippen LogP contribution in [0.3, 0.4) is 0 Å². The van der Waals surface area contributed by atoms with Crippen LogP contribution >= 0.6 is 0 Å². The summed E-state index contributed by atoms with van der Waals surface area (Å²) in [5.41, 5.74) is -1.11. The molecule has 1 spiro atoms. The van der Waals surface area contributed by atoms with E-state index in [1.54, 1.807) is 17.9 Å². The number of nitrogens with one attached hydrogen (secondary N) is 2. The molecule has 5 atom stereocenters. The molecule has 4 fully saturated rings. The minimum absolute atomic E-state index is 0.00697. The Morgan fingerprint density at radius 3 is 2.53 bits per heavy atom. The first-order valence-corrected chi connectivity index (χ1v) is 12.7. The van der Waals surface area contributed by atoms with Gasteiger partial charge in [0.1, 0.15) is 17.4 Å². The number of aromatic nitrogens is 1. The molecule has 2 aliphatic carbocycles. The molecule has 2 saturated carbocycles. The van der Waals surface area contributed by atoms with Crippen molar-refractivity contribution in [2.75, 3.05) is 5.32 Å². The second-order valence-electron chi connectivity index (χ2n) is 10.5. The predicted octanol–water partition coefficient (Wildman–Crippen LogP) is 2.46. The Kier molecular flexibility index (Phi) is 5.28. The van der Waals surface area contributed by atoms with Crippen LogP contribution in [0, 0.1) is 18.8 Å². The van der Waals surface area contributed by atoms with Gasteiger partial charge >= 0.3 is 0 Å². The van der Waals surface area contributed by atoms with Crippen LogP contribution in [0.2, 0.25) is 0 Å². The SMILES string of the molecule is Cc1cc(NC(=O)[C@@H]2[C@H]3C(=O)N(C4CCCC4)[C@H](C(=O)NC4CCCCC4)[C@]34C=C[C@H]2O4)no1. The first-order valence-electron chi connectivity index (χ1n) is 12.7. The van der Waals surface area contributed by atoms with Gasteiger partial charge < -0.3 is 24.8 Å². The van der Waals surface area contributed by atoms with Crippen LogP contribution in [0.5, 0.6) is 0 Å². The van der Waals surface area contributed by atoms with Crippen LogP contribution in [0.15, 0.2) is 22.7 Å². The number of ether oxygens (including phenoxy) is 1. The monoisotopic (exact) mass is 468 g/mol. The molecule has 5 aliphatic rings. The van der Waals surface area contributed by atoms with Gasteiger partial charge in [-0.3, -0.25) is 14.4 Å². The highest BCUT2D eigenvalue weighted by Crippen LogP contribution is 2.56. The molecule has 9 nitrogen and oxygen atoms in total. The first-order chi connectivity index (χ1) is 16.5. The number of carbonyl (C=O) groups is 3. The zero-order valence-corrected chi connectivity index (χ0v) is 19.5. The van der Waals surface area contributed by atoms with E-state index < -0.39 is 29.6 Å². The molecule has 2 N–H and O–H groups in total. The molecule has 34 heavy (non-hydrogen) atoms. The minimum atomic E-state index is -1.11. The van der Waals surface area contributed by atoms with E-state index in [4.69, 9.17) is 9.26 Å². The number of carbonyl (C=O) groups excluding carboxylic acids is 3. The lowest BCUT2D eigenvalue weighted by atomic mass is 9.74. The second-order valence-corrected chi connectivity index (χ2v) is 10.5. The molecule has 0 unspecified atom stereocenters. The van der Waals surface area contributed by atoms with Crippen molar-refractivity contribution in [3.63, 3.8) is 0 Å². The molecule has 4 heterocycles. The summed E-state index contributed by atoms with van der Waals surface area (Å²) in [4.78, 5) is 42.9. The number of hydrogen-bond donors (Lipinski definition) is 2. The third-order valence-electron chi connectivity index (χ3n) is 8.41. The van der Waals surface area contributed by atoms with Crippen molar-refractivity contribution in [3.05, 3.63) is 24.0 Å². The number of hydrogen-bond acceptors (Lipinski definition) is 6. The summed E-state index contributed by atoms with van der Waals surface area (Å²) in [6.45, 7) is 1.75. The summed E-state index contributed by atoms with van der Waals surface area (Å²) in [6.07, 6.45) is 12.4. The van der Waals surface area contributed by atoms with Crippen molar-refractivity contribution in [1.29, 1.82) is 0 Å². The molecule has 2 saturated heterocycles. The topological polar surface area (TPSA) is 114 Å². The summed E-state index contributed by atoms with van der Waals surface area (Å²) >= 11 is 0. The molecule has 9 heteroatoms. The Bertz CT molecular complexity index is 1020. The molecule has 3 amide bonds. The molecule has 0 aromatic carbocycles. The zero-order chi connectivity index (χ0) is 23.4. The largest absolute Gasteiger partial charge is 0.360 e. The van der Waals surface area contributed by atoms with Gasteiger partial charge in [0.2, 0.25) is 17.7 Å². The standard InChI is InChI=1S/C25H32N4O5/c1-14-13-18(28-34-14)27-22(30)19-17-11-12-25(33-17)20(19)24(32)29(16-9-5-6-10-16)21(25)23(31)26-15-7-3-2-4-8-15/h11-13,15-17,19-21H,2-10H2,1H3,(H,26,31)(H,27,28,30)/t17-,19+,20+,21-,25+/m1/s1. The molecule has 2 bridgehead atoms. The van der Waals surface area contributed by atoms with Gasteiger partial charge in [0.25, 0.3) is 0 Å². The number of fused-ring (bicyclic) bond motifs is 1. The molecule has 1 aromatic rings. The highest BCUT2D eigenvalue weighted by molar-refractivity contribution is 6.02. The summed E-state index contributed by atoms with van der Waals surface area (Å²) in [7, 11) is 0. The molecule has 0 radical (unpaired) electrons. The number of amides is 3. The second kappa shape index (κ2) is 8.22. The van der Waals surface area contributed by atoms with Crippen LogP contribution in [-0.2, 0) is 19.1 Å². The van der Waals surface area contributed by atoms with Gasteiger partial charge in [-0.25, -0.2) is 0 Å². The fourth-order valence-electron chi connectivity index (χ4n) is 6.94. The number of aryl methyl sites for hydroxylation is 1. The van der Waals surface area contributed by atoms with Crippen LogP contribution in [0.1, 0.15) is 63.5 Å². The maximum Gasteiger partial charge on any atom is 0.246 e. The fourth-order valence-corrected chi connectivity index (χ4v) is 6.94. The Morgan fingerprint density at radius 2 is 1.82 bits per heavy atom. The summed E-state index contributed by atoms with van der Waals surface area (Å²) < 4.78 is 11.5. The van der Waals surface area contributed by atoms with Gasteiger partial charge in [-0.15, -0.1) is 0 Å². The molecule has 6 rings (SSSR count). The molecule has 3 aliphatic heterocycles.